The molecule has 2 nitrogen and oxygen atoms in total. The SMILES string of the molecule is CCc1ccc(CC(=O)C=C2CCCCC2)nc1. The van der Waals surface area contributed by atoms with Gasteiger partial charge in [0.1, 0.15) is 0 Å². The van der Waals surface area contributed by atoms with Gasteiger partial charge < -0.3 is 0 Å². The lowest BCUT2D eigenvalue weighted by Crippen LogP contribution is -2.04. The van der Waals surface area contributed by atoms with E-state index in [9.17, 15) is 4.79 Å². The summed E-state index contributed by atoms with van der Waals surface area (Å²) in [4.78, 5) is 16.3. The highest BCUT2D eigenvalue weighted by Crippen LogP contribution is 2.22. The molecular weight excluding hydrogens is 222 g/mol. The summed E-state index contributed by atoms with van der Waals surface area (Å²) >= 11 is 0. The highest BCUT2D eigenvalue weighted by molar-refractivity contribution is 5.91. The number of hydrogen-bond acceptors (Lipinski definition) is 2. The minimum Gasteiger partial charge on any atom is -0.294 e. The van der Waals surface area contributed by atoms with E-state index in [2.05, 4.69) is 18.0 Å². The van der Waals surface area contributed by atoms with Gasteiger partial charge >= 0.3 is 0 Å². The van der Waals surface area contributed by atoms with Crippen molar-refractivity contribution in [3.8, 4) is 0 Å². The number of hydrogen-bond donors (Lipinski definition) is 0. The van der Waals surface area contributed by atoms with Crippen LogP contribution in [-0.4, -0.2) is 10.8 Å². The predicted octanol–water partition coefficient (Wildman–Crippen LogP) is 3.65. The first-order chi connectivity index (χ1) is 8.78. The van der Waals surface area contributed by atoms with Crippen LogP contribution in [0, 0.1) is 0 Å². The van der Waals surface area contributed by atoms with Gasteiger partial charge in [-0.1, -0.05) is 25.0 Å². The van der Waals surface area contributed by atoms with Crippen LogP contribution < -0.4 is 0 Å². The Kier molecular flexibility index (Phi) is 4.68. The van der Waals surface area contributed by atoms with Gasteiger partial charge in [0.2, 0.25) is 0 Å². The van der Waals surface area contributed by atoms with Gasteiger partial charge in [-0.25, -0.2) is 0 Å². The molecule has 0 N–H and O–H groups in total. The van der Waals surface area contributed by atoms with Crippen LogP contribution in [0.15, 0.2) is 30.0 Å². The molecular formula is C16H21NO. The van der Waals surface area contributed by atoms with Crippen molar-refractivity contribution in [2.24, 2.45) is 0 Å². The number of allylic oxidation sites excluding steroid dienone is 2. The van der Waals surface area contributed by atoms with E-state index in [0.29, 0.717) is 6.42 Å². The third-order valence-corrected chi connectivity index (χ3v) is 3.51. The van der Waals surface area contributed by atoms with Crippen LogP contribution in [0.3, 0.4) is 0 Å². The Balaban J connectivity index is 1.93. The number of rotatable bonds is 4. The van der Waals surface area contributed by atoms with Gasteiger partial charge in [-0.3, -0.25) is 9.78 Å². The van der Waals surface area contributed by atoms with Gasteiger partial charge in [-0.2, -0.15) is 0 Å². The fourth-order valence-electron chi connectivity index (χ4n) is 2.38. The fourth-order valence-corrected chi connectivity index (χ4v) is 2.38. The fraction of sp³-hybridized carbons (Fsp3) is 0.500. The first-order valence-corrected chi connectivity index (χ1v) is 6.94. The highest BCUT2D eigenvalue weighted by atomic mass is 16.1. The van der Waals surface area contributed by atoms with E-state index in [0.717, 1.165) is 25.0 Å². The van der Waals surface area contributed by atoms with Crippen molar-refractivity contribution in [1.82, 2.24) is 4.98 Å². The van der Waals surface area contributed by atoms with Crippen LogP contribution in [-0.2, 0) is 17.6 Å². The zero-order valence-corrected chi connectivity index (χ0v) is 11.1. The van der Waals surface area contributed by atoms with Gasteiger partial charge in [0.15, 0.2) is 5.78 Å². The summed E-state index contributed by atoms with van der Waals surface area (Å²) in [6.07, 6.45) is 11.2. The second-order valence-electron chi connectivity index (χ2n) is 5.02. The van der Waals surface area contributed by atoms with Gasteiger partial charge in [-0.05, 0) is 49.8 Å². The Bertz CT molecular complexity index is 423. The van der Waals surface area contributed by atoms with Crippen molar-refractivity contribution < 1.29 is 4.79 Å². The smallest absolute Gasteiger partial charge is 0.161 e. The van der Waals surface area contributed by atoms with E-state index in [1.54, 1.807) is 0 Å². The molecule has 1 fully saturated rings. The van der Waals surface area contributed by atoms with E-state index in [1.807, 2.05) is 18.3 Å². The summed E-state index contributed by atoms with van der Waals surface area (Å²) in [7, 11) is 0. The maximum Gasteiger partial charge on any atom is 0.161 e. The molecule has 2 heteroatoms. The number of carbonyl (C=O) groups excluding carboxylic acids is 1. The Morgan fingerprint density at radius 3 is 2.67 bits per heavy atom. The van der Waals surface area contributed by atoms with E-state index >= 15 is 0 Å². The quantitative estimate of drug-likeness (QED) is 0.756. The van der Waals surface area contributed by atoms with Crippen LogP contribution in [0.2, 0.25) is 0 Å². The lowest BCUT2D eigenvalue weighted by Gasteiger charge is -2.12. The first-order valence-electron chi connectivity index (χ1n) is 6.94. The van der Waals surface area contributed by atoms with Crippen molar-refractivity contribution in [2.75, 3.05) is 0 Å². The maximum atomic E-state index is 11.9. The molecule has 0 radical (unpaired) electrons. The van der Waals surface area contributed by atoms with Gasteiger partial charge in [0.25, 0.3) is 0 Å². The van der Waals surface area contributed by atoms with Gasteiger partial charge in [-0.15, -0.1) is 0 Å². The van der Waals surface area contributed by atoms with Crippen LogP contribution in [0.1, 0.15) is 50.3 Å². The molecule has 0 aliphatic heterocycles. The van der Waals surface area contributed by atoms with Crippen LogP contribution in [0.4, 0.5) is 0 Å². The molecule has 0 spiro atoms. The Morgan fingerprint density at radius 2 is 2.06 bits per heavy atom. The van der Waals surface area contributed by atoms with E-state index in [4.69, 9.17) is 0 Å². The van der Waals surface area contributed by atoms with Crippen molar-refractivity contribution in [3.05, 3.63) is 41.2 Å². The average Bonchev–Trinajstić information content (AvgIpc) is 2.40. The van der Waals surface area contributed by atoms with Crippen molar-refractivity contribution >= 4 is 5.78 Å². The lowest BCUT2D eigenvalue weighted by molar-refractivity contribution is -0.114. The molecule has 0 saturated heterocycles. The molecule has 1 aromatic rings. The number of aryl methyl sites for hydroxylation is 1. The van der Waals surface area contributed by atoms with E-state index in [1.165, 1.54) is 30.4 Å². The Morgan fingerprint density at radius 1 is 1.28 bits per heavy atom. The maximum absolute atomic E-state index is 11.9. The molecule has 1 aliphatic rings. The number of carbonyl (C=O) groups is 1. The molecule has 96 valence electrons. The summed E-state index contributed by atoms with van der Waals surface area (Å²) in [5.74, 6) is 0.198. The van der Waals surface area contributed by atoms with Crippen LogP contribution in [0.5, 0.6) is 0 Å². The zero-order valence-electron chi connectivity index (χ0n) is 11.1. The third-order valence-electron chi connectivity index (χ3n) is 3.51. The van der Waals surface area contributed by atoms with Crippen molar-refractivity contribution in [2.45, 2.75) is 51.9 Å². The summed E-state index contributed by atoms with van der Waals surface area (Å²) in [6.45, 7) is 2.11. The monoisotopic (exact) mass is 243 g/mol. The predicted molar refractivity (Wildman–Crippen MR) is 73.5 cm³/mol. The summed E-state index contributed by atoms with van der Waals surface area (Å²) in [6, 6.07) is 4.03. The molecule has 0 atom stereocenters. The minimum atomic E-state index is 0.198. The Hall–Kier alpha value is -1.44. The summed E-state index contributed by atoms with van der Waals surface area (Å²) in [5.41, 5.74) is 3.43. The molecule has 18 heavy (non-hydrogen) atoms. The van der Waals surface area contributed by atoms with Gasteiger partial charge in [0.05, 0.1) is 6.42 Å². The molecule has 0 amide bonds. The molecule has 0 aromatic carbocycles. The van der Waals surface area contributed by atoms with E-state index in [-0.39, 0.29) is 5.78 Å². The number of pyridine rings is 1. The topological polar surface area (TPSA) is 30.0 Å². The molecule has 0 bridgehead atoms. The summed E-state index contributed by atoms with van der Waals surface area (Å²) < 4.78 is 0. The normalized spacial score (nSPS) is 15.5. The molecule has 1 heterocycles. The Labute approximate surface area is 109 Å². The minimum absolute atomic E-state index is 0.198. The molecule has 1 saturated carbocycles. The molecule has 2 rings (SSSR count). The van der Waals surface area contributed by atoms with Crippen LogP contribution in [0.25, 0.3) is 0 Å². The van der Waals surface area contributed by atoms with Crippen molar-refractivity contribution in [3.63, 3.8) is 0 Å². The first kappa shape index (κ1) is 13.0. The lowest BCUT2D eigenvalue weighted by atomic mass is 9.93. The van der Waals surface area contributed by atoms with Crippen LogP contribution >= 0.6 is 0 Å². The zero-order chi connectivity index (χ0) is 12.8. The number of aromatic nitrogens is 1. The molecule has 1 aromatic heterocycles. The number of ketones is 1. The molecule has 1 aliphatic carbocycles. The largest absolute Gasteiger partial charge is 0.294 e. The second kappa shape index (κ2) is 6.48. The van der Waals surface area contributed by atoms with Crippen molar-refractivity contribution in [1.29, 1.82) is 0 Å². The average molecular weight is 243 g/mol. The summed E-state index contributed by atoms with van der Waals surface area (Å²) in [5, 5.41) is 0. The van der Waals surface area contributed by atoms with E-state index < -0.39 is 0 Å². The third kappa shape index (κ3) is 3.80. The van der Waals surface area contributed by atoms with Gasteiger partial charge in [0, 0.05) is 11.9 Å². The second-order valence-corrected chi connectivity index (χ2v) is 5.02. The highest BCUT2D eigenvalue weighted by Gasteiger charge is 2.08. The molecule has 0 unspecified atom stereocenters. The standard InChI is InChI=1S/C16H21NO/c1-2-13-8-9-15(17-12-13)11-16(18)10-14-6-4-3-5-7-14/h8-10,12H,2-7,11H2,1H3. The number of nitrogens with zero attached hydrogens (tertiary/aromatic N) is 1.